The first kappa shape index (κ1) is 67.5. The van der Waals surface area contributed by atoms with Gasteiger partial charge in [-0.2, -0.15) is 0 Å². The lowest BCUT2D eigenvalue weighted by molar-refractivity contribution is -0.150. The second kappa shape index (κ2) is 32.0. The Morgan fingerprint density at radius 3 is 1.38 bits per heavy atom. The van der Waals surface area contributed by atoms with Gasteiger partial charge in [0.2, 0.25) is 70.9 Å². The number of likely N-dealkylation sites (tertiary alicyclic amines) is 4. The number of aliphatic carboxylic acids is 1. The molecule has 4 aliphatic heterocycles. The van der Waals surface area contributed by atoms with Gasteiger partial charge in [-0.05, 0) is 95.4 Å². The number of nitrogens with two attached hydrogens (primary N) is 2. The van der Waals surface area contributed by atoms with E-state index in [0.29, 0.717) is 45.1 Å². The maximum absolute atomic E-state index is 14.2. The third kappa shape index (κ3) is 18.2. The summed E-state index contributed by atoms with van der Waals surface area (Å²) in [6, 6.07) is -14.5. The van der Waals surface area contributed by atoms with Gasteiger partial charge in [-0.25, -0.2) is 0 Å². The lowest BCUT2D eigenvalue weighted by atomic mass is 9.99. The minimum absolute atomic E-state index is 0.0144. The predicted octanol–water partition coefficient (Wildman–Crippen LogP) is -5.87. The number of hydrogen-bond donors (Lipinski definition) is 13. The highest BCUT2D eigenvalue weighted by Gasteiger charge is 2.46. The number of nitrogens with zero attached hydrogens (tertiary/aromatic N) is 4. The van der Waals surface area contributed by atoms with Crippen LogP contribution in [0.25, 0.3) is 0 Å². The van der Waals surface area contributed by atoms with E-state index in [9.17, 15) is 82.8 Å². The highest BCUT2D eigenvalue weighted by Crippen LogP contribution is 2.27. The van der Waals surface area contributed by atoms with Crippen LogP contribution in [-0.2, 0) is 62.3 Å². The van der Waals surface area contributed by atoms with Gasteiger partial charge >= 0.3 is 5.97 Å². The monoisotopic (exact) mass is 1160 g/mol. The fourth-order valence-corrected chi connectivity index (χ4v) is 10.8. The smallest absolute Gasteiger partial charge is 0.305 e. The molecule has 4 fully saturated rings. The van der Waals surface area contributed by atoms with E-state index in [4.69, 9.17) is 11.5 Å². The second-order valence-corrected chi connectivity index (χ2v) is 22.0. The molecular weight excluding hydrogens is 1080 g/mol. The molecule has 30 heteroatoms. The number of carbonyl (C=O) groups excluding carboxylic acids is 12. The predicted molar refractivity (Wildman–Crippen MR) is 288 cm³/mol. The average Bonchev–Trinajstić information content (AvgIpc) is 4.31. The molecule has 11 atom stereocenters. The van der Waals surface area contributed by atoms with E-state index < -0.39 is 175 Å². The van der Waals surface area contributed by atoms with Crippen LogP contribution in [0.3, 0.4) is 0 Å². The van der Waals surface area contributed by atoms with Crippen LogP contribution in [0.5, 0.6) is 0 Å². The molecule has 460 valence electrons. The first-order valence-electron chi connectivity index (χ1n) is 28.1. The summed E-state index contributed by atoms with van der Waals surface area (Å²) in [5.41, 5.74) is 11.1. The molecule has 0 spiro atoms. The summed E-state index contributed by atoms with van der Waals surface area (Å²) < 4.78 is 0. The lowest BCUT2D eigenvalue weighted by Gasteiger charge is -2.33. The van der Waals surface area contributed by atoms with Gasteiger partial charge in [-0.1, -0.05) is 27.7 Å². The highest BCUT2D eigenvalue weighted by molar-refractivity contribution is 6.00. The quantitative estimate of drug-likeness (QED) is 0.0298. The Labute approximate surface area is 475 Å². The second-order valence-electron chi connectivity index (χ2n) is 22.0. The van der Waals surface area contributed by atoms with E-state index in [0.717, 1.165) is 16.7 Å². The summed E-state index contributed by atoms with van der Waals surface area (Å²) in [6.07, 6.45) is 2.60. The molecule has 4 aliphatic rings. The largest absolute Gasteiger partial charge is 0.481 e. The molecule has 0 radical (unpaired) electrons. The zero-order chi connectivity index (χ0) is 61.1. The van der Waals surface area contributed by atoms with E-state index in [1.807, 2.05) is 13.8 Å². The number of primary amides is 1. The fourth-order valence-electron chi connectivity index (χ4n) is 10.8. The van der Waals surface area contributed by atoms with Crippen molar-refractivity contribution >= 4 is 76.9 Å². The van der Waals surface area contributed by atoms with Gasteiger partial charge in [0.15, 0.2) is 0 Å². The maximum atomic E-state index is 14.2. The zero-order valence-electron chi connectivity index (χ0n) is 47.4. The Morgan fingerprint density at radius 2 is 0.915 bits per heavy atom. The standard InChI is InChI=1S/C52H85N13O17/c1-27(2)22-31(49(79)62-18-8-13-36(62)45(75)56-30(42(54)72)12-6-7-17-53)58-48(78)41(28(3)4)61-44(74)34(25-67)59-46(76)37-14-9-19-63(37)51(81)35(26-68)60-47(77)38-15-10-20-64(38)52(82)39-16-11-21-65(39)50(80)32(23-40(70)71)57-43(73)33(24-66)55-29(5)69/h27-28,30-39,41,66-68H,6-26,53H2,1-5H3,(H2,54,72)(H,55,69)(H,56,75)(H,57,73)(H,58,78)(H,59,76)(H,60,77)(H,61,74)(H,70,71)/t30-,31-,32-,33-,34-,35-,36-,37-,38-,39-,41-/m0/s1. The van der Waals surface area contributed by atoms with E-state index in [2.05, 4.69) is 37.2 Å². The van der Waals surface area contributed by atoms with Crippen LogP contribution in [-0.4, -0.2) is 236 Å². The van der Waals surface area contributed by atoms with Crippen LogP contribution in [0.1, 0.15) is 118 Å². The van der Waals surface area contributed by atoms with Crippen LogP contribution < -0.4 is 48.7 Å². The number of carboxylic acid groups (broad SMARTS) is 1. The summed E-state index contributed by atoms with van der Waals surface area (Å²) in [7, 11) is 0. The molecular formula is C52H85N13O17. The van der Waals surface area contributed by atoms with Crippen molar-refractivity contribution in [1.29, 1.82) is 0 Å². The van der Waals surface area contributed by atoms with Crippen molar-refractivity contribution in [3.8, 4) is 0 Å². The topological polar surface area (TPSA) is 452 Å². The van der Waals surface area contributed by atoms with E-state index in [-0.39, 0.29) is 70.6 Å². The molecule has 12 amide bonds. The maximum Gasteiger partial charge on any atom is 0.305 e. The molecule has 30 nitrogen and oxygen atoms in total. The molecule has 0 saturated carbocycles. The Kier molecular flexibility index (Phi) is 26.3. The van der Waals surface area contributed by atoms with Crippen molar-refractivity contribution in [2.24, 2.45) is 23.3 Å². The van der Waals surface area contributed by atoms with Gasteiger partial charge in [0.05, 0.1) is 26.2 Å². The molecule has 4 heterocycles. The first-order chi connectivity index (χ1) is 38.8. The minimum Gasteiger partial charge on any atom is -0.481 e. The Morgan fingerprint density at radius 1 is 0.500 bits per heavy atom. The fraction of sp³-hybridized carbons (Fsp3) is 0.750. The number of nitrogens with one attached hydrogen (secondary N) is 7. The summed E-state index contributed by atoms with van der Waals surface area (Å²) in [5.74, 6) is -11.8. The van der Waals surface area contributed by atoms with Crippen molar-refractivity contribution in [3.63, 3.8) is 0 Å². The van der Waals surface area contributed by atoms with Crippen LogP contribution in [0, 0.1) is 11.8 Å². The Hall–Kier alpha value is -7.05. The van der Waals surface area contributed by atoms with Gasteiger partial charge in [-0.15, -0.1) is 0 Å². The summed E-state index contributed by atoms with van der Waals surface area (Å²) in [4.78, 5) is 178. The number of hydrogen-bond acceptors (Lipinski definition) is 17. The van der Waals surface area contributed by atoms with Crippen molar-refractivity contribution < 1.29 is 82.8 Å². The molecule has 0 aliphatic carbocycles. The lowest BCUT2D eigenvalue weighted by Crippen LogP contribution is -2.61. The zero-order valence-corrected chi connectivity index (χ0v) is 47.4. The molecule has 0 unspecified atom stereocenters. The number of aliphatic hydroxyl groups excluding tert-OH is 3. The average molecular weight is 1160 g/mol. The van der Waals surface area contributed by atoms with E-state index in [1.54, 1.807) is 13.8 Å². The molecule has 15 N–H and O–H groups in total. The molecule has 0 bridgehead atoms. The third-order valence-electron chi connectivity index (χ3n) is 15.0. The third-order valence-corrected chi connectivity index (χ3v) is 15.0. The Bertz CT molecular complexity index is 2340. The van der Waals surface area contributed by atoms with Crippen molar-refractivity contribution in [3.05, 3.63) is 0 Å². The molecule has 82 heavy (non-hydrogen) atoms. The number of carboxylic acids is 1. The van der Waals surface area contributed by atoms with Gasteiger partial charge in [0.25, 0.3) is 0 Å². The number of amides is 12. The summed E-state index contributed by atoms with van der Waals surface area (Å²) >= 11 is 0. The summed E-state index contributed by atoms with van der Waals surface area (Å²) in [6.45, 7) is 5.81. The molecule has 0 aromatic rings. The Balaban J connectivity index is 1.40. The SMILES string of the molecule is CC(=O)N[C@@H](CO)C(=O)N[C@@H](CC(=O)O)C(=O)N1CCC[C@H]1C(=O)N1CCC[C@H]1C(=O)N[C@@H](CO)C(=O)N1CCC[C@H]1C(=O)N[C@@H](CO)C(=O)N[C@H](C(=O)N[C@@H](CC(C)C)C(=O)N1CCC[C@H]1C(=O)N[C@@H](CCCCN)C(N)=O)C(C)C. The van der Waals surface area contributed by atoms with Gasteiger partial charge in [-0.3, -0.25) is 62.3 Å². The van der Waals surface area contributed by atoms with Crippen molar-refractivity contribution in [1.82, 2.24) is 56.8 Å². The van der Waals surface area contributed by atoms with Crippen LogP contribution >= 0.6 is 0 Å². The normalized spacial score (nSPS) is 21.4. The van der Waals surface area contributed by atoms with Crippen molar-refractivity contribution in [2.75, 3.05) is 52.5 Å². The molecule has 4 rings (SSSR count). The van der Waals surface area contributed by atoms with Crippen LogP contribution in [0.15, 0.2) is 0 Å². The van der Waals surface area contributed by atoms with Crippen molar-refractivity contribution in [2.45, 2.75) is 185 Å². The van der Waals surface area contributed by atoms with E-state index >= 15 is 0 Å². The summed E-state index contributed by atoms with van der Waals surface area (Å²) in [5, 5.41) is 57.3. The number of unbranched alkanes of at least 4 members (excludes halogenated alkanes) is 1. The van der Waals surface area contributed by atoms with Crippen LogP contribution in [0.4, 0.5) is 0 Å². The first-order valence-corrected chi connectivity index (χ1v) is 28.1. The molecule has 4 saturated heterocycles. The highest BCUT2D eigenvalue weighted by atomic mass is 16.4. The minimum atomic E-state index is -1.70. The molecule has 0 aromatic heterocycles. The number of carbonyl (C=O) groups is 13. The van der Waals surface area contributed by atoms with Crippen LogP contribution in [0.2, 0.25) is 0 Å². The van der Waals surface area contributed by atoms with Gasteiger partial charge < -0.3 is 88.7 Å². The number of aliphatic hydroxyl groups is 3. The van der Waals surface area contributed by atoms with E-state index in [1.165, 1.54) is 9.80 Å². The van der Waals surface area contributed by atoms with Gasteiger partial charge in [0.1, 0.15) is 66.5 Å². The number of rotatable bonds is 30. The molecule has 0 aromatic carbocycles. The van der Waals surface area contributed by atoms with Gasteiger partial charge in [0, 0.05) is 33.1 Å².